The summed E-state index contributed by atoms with van der Waals surface area (Å²) in [5.74, 6) is -0.384. The first kappa shape index (κ1) is 18.7. The number of carbonyl (C=O) groups excluding carboxylic acids is 3. The lowest BCUT2D eigenvalue weighted by molar-refractivity contribution is -0.141. The van der Waals surface area contributed by atoms with Crippen LogP contribution in [0.5, 0.6) is 0 Å². The van der Waals surface area contributed by atoms with E-state index in [1.54, 1.807) is 5.48 Å². The Morgan fingerprint density at radius 1 is 1.33 bits per heavy atom. The first-order chi connectivity index (χ1) is 11.5. The molecule has 0 saturated carbocycles. The monoisotopic (exact) mass is 339 g/mol. The zero-order valence-electron chi connectivity index (χ0n) is 14.5. The van der Waals surface area contributed by atoms with Crippen LogP contribution >= 0.6 is 0 Å². The van der Waals surface area contributed by atoms with Gasteiger partial charge in [0.2, 0.25) is 17.7 Å². The van der Waals surface area contributed by atoms with E-state index in [0.717, 1.165) is 32.1 Å². The first-order valence-electron chi connectivity index (χ1n) is 9.03. The maximum absolute atomic E-state index is 12.3. The summed E-state index contributed by atoms with van der Waals surface area (Å²) in [7, 11) is 0. The Bertz CT molecular complexity index is 482. The van der Waals surface area contributed by atoms with Crippen molar-refractivity contribution in [2.24, 2.45) is 0 Å². The molecule has 2 aliphatic rings. The number of rotatable bonds is 7. The highest BCUT2D eigenvalue weighted by Gasteiger charge is 2.44. The average molecular weight is 339 g/mol. The summed E-state index contributed by atoms with van der Waals surface area (Å²) in [6.45, 7) is 2.64. The van der Waals surface area contributed by atoms with Gasteiger partial charge in [0.25, 0.3) is 0 Å². The molecule has 2 atom stereocenters. The predicted molar refractivity (Wildman–Crippen MR) is 88.1 cm³/mol. The summed E-state index contributed by atoms with van der Waals surface area (Å²) in [6, 6.07) is 0.0717. The Morgan fingerprint density at radius 3 is 2.83 bits per heavy atom. The van der Waals surface area contributed by atoms with Crippen LogP contribution in [0.4, 0.5) is 0 Å². The van der Waals surface area contributed by atoms with Crippen molar-refractivity contribution in [3.8, 4) is 0 Å². The zero-order valence-corrected chi connectivity index (χ0v) is 14.5. The SMILES string of the molecule is CCCCCC(=O)NC1(CC(=O)NO)CCN2C(=O)CCC[C@H]2C1. The lowest BCUT2D eigenvalue weighted by Crippen LogP contribution is -2.61. The molecule has 3 N–H and O–H groups in total. The average Bonchev–Trinajstić information content (AvgIpc) is 2.55. The summed E-state index contributed by atoms with van der Waals surface area (Å²) in [5.41, 5.74) is 1.00. The van der Waals surface area contributed by atoms with Crippen LogP contribution in [0, 0.1) is 0 Å². The van der Waals surface area contributed by atoms with E-state index in [4.69, 9.17) is 5.21 Å². The van der Waals surface area contributed by atoms with Crippen molar-refractivity contribution < 1.29 is 19.6 Å². The second-order valence-corrected chi connectivity index (χ2v) is 7.08. The van der Waals surface area contributed by atoms with Crippen LogP contribution in [0.25, 0.3) is 0 Å². The minimum atomic E-state index is -0.672. The van der Waals surface area contributed by atoms with E-state index >= 15 is 0 Å². The highest BCUT2D eigenvalue weighted by Crippen LogP contribution is 2.35. The largest absolute Gasteiger partial charge is 0.350 e. The number of hydrogen-bond donors (Lipinski definition) is 3. The number of nitrogens with one attached hydrogen (secondary N) is 2. The summed E-state index contributed by atoms with van der Waals surface area (Å²) in [6.07, 6.45) is 6.83. The Morgan fingerprint density at radius 2 is 2.12 bits per heavy atom. The van der Waals surface area contributed by atoms with Crippen molar-refractivity contribution in [1.29, 1.82) is 0 Å². The summed E-state index contributed by atoms with van der Waals surface area (Å²) in [4.78, 5) is 38.0. The molecule has 7 nitrogen and oxygen atoms in total. The van der Waals surface area contributed by atoms with Crippen molar-refractivity contribution in [1.82, 2.24) is 15.7 Å². The molecule has 2 rings (SSSR count). The second-order valence-electron chi connectivity index (χ2n) is 7.08. The molecule has 0 aromatic carbocycles. The molecule has 0 aromatic rings. The third-order valence-electron chi connectivity index (χ3n) is 5.18. The van der Waals surface area contributed by atoms with Gasteiger partial charge in [-0.15, -0.1) is 0 Å². The molecule has 1 unspecified atom stereocenters. The van der Waals surface area contributed by atoms with Gasteiger partial charge >= 0.3 is 0 Å². The number of unbranched alkanes of at least 4 members (excludes halogenated alkanes) is 2. The van der Waals surface area contributed by atoms with Gasteiger partial charge in [-0.3, -0.25) is 19.6 Å². The number of carbonyl (C=O) groups is 3. The number of nitrogens with zero attached hydrogens (tertiary/aromatic N) is 1. The van der Waals surface area contributed by atoms with Crippen LogP contribution < -0.4 is 10.8 Å². The van der Waals surface area contributed by atoms with E-state index in [-0.39, 0.29) is 24.3 Å². The van der Waals surface area contributed by atoms with E-state index in [1.165, 1.54) is 0 Å². The van der Waals surface area contributed by atoms with Crippen molar-refractivity contribution >= 4 is 17.7 Å². The Hall–Kier alpha value is -1.63. The van der Waals surface area contributed by atoms with Gasteiger partial charge in [-0.2, -0.15) is 0 Å². The molecule has 0 aromatic heterocycles. The molecule has 2 heterocycles. The molecule has 3 amide bonds. The quantitative estimate of drug-likeness (QED) is 0.372. The van der Waals surface area contributed by atoms with E-state index in [0.29, 0.717) is 32.2 Å². The van der Waals surface area contributed by atoms with Gasteiger partial charge in [-0.05, 0) is 32.1 Å². The van der Waals surface area contributed by atoms with E-state index in [9.17, 15) is 14.4 Å². The van der Waals surface area contributed by atoms with Crippen molar-refractivity contribution in [3.05, 3.63) is 0 Å². The van der Waals surface area contributed by atoms with Crippen LogP contribution in [0.15, 0.2) is 0 Å². The highest BCUT2D eigenvalue weighted by molar-refractivity contribution is 5.81. The summed E-state index contributed by atoms with van der Waals surface area (Å²) in [5, 5.41) is 11.9. The van der Waals surface area contributed by atoms with Crippen LogP contribution in [-0.2, 0) is 14.4 Å². The Kier molecular flexibility index (Phi) is 6.60. The third-order valence-corrected chi connectivity index (χ3v) is 5.18. The smallest absolute Gasteiger partial charge is 0.245 e. The fourth-order valence-electron chi connectivity index (χ4n) is 3.96. The van der Waals surface area contributed by atoms with Gasteiger partial charge in [0, 0.05) is 25.4 Å². The molecule has 0 bridgehead atoms. The number of hydrogen-bond acceptors (Lipinski definition) is 4. The minimum absolute atomic E-state index is 0.0432. The molecule has 2 fully saturated rings. The Labute approximate surface area is 143 Å². The Balaban J connectivity index is 2.05. The van der Waals surface area contributed by atoms with Gasteiger partial charge < -0.3 is 10.2 Å². The molecule has 2 aliphatic heterocycles. The standard InChI is InChI=1S/C17H29N3O4/c1-2-3-4-7-14(21)18-17(12-15(22)19-24)9-10-20-13(11-17)6-5-8-16(20)23/h13,24H,2-12H2,1H3,(H,18,21)(H,19,22)/t13-,17?/m0/s1. The minimum Gasteiger partial charge on any atom is -0.350 e. The molecule has 24 heavy (non-hydrogen) atoms. The summed E-state index contributed by atoms with van der Waals surface area (Å²) < 4.78 is 0. The van der Waals surface area contributed by atoms with Crippen LogP contribution in [0.2, 0.25) is 0 Å². The lowest BCUT2D eigenvalue weighted by Gasteiger charge is -2.48. The second kappa shape index (κ2) is 8.46. The van der Waals surface area contributed by atoms with E-state index in [1.807, 2.05) is 4.90 Å². The number of hydroxylamine groups is 1. The number of piperidine rings is 2. The molecule has 0 spiro atoms. The maximum atomic E-state index is 12.3. The molecular weight excluding hydrogens is 310 g/mol. The van der Waals surface area contributed by atoms with Crippen molar-refractivity contribution in [2.45, 2.75) is 82.7 Å². The third kappa shape index (κ3) is 4.69. The fraction of sp³-hybridized carbons (Fsp3) is 0.824. The lowest BCUT2D eigenvalue weighted by atomic mass is 9.77. The highest BCUT2D eigenvalue weighted by atomic mass is 16.5. The molecule has 0 radical (unpaired) electrons. The normalized spacial score (nSPS) is 26.7. The van der Waals surface area contributed by atoms with Crippen molar-refractivity contribution in [3.63, 3.8) is 0 Å². The van der Waals surface area contributed by atoms with Crippen LogP contribution in [0.3, 0.4) is 0 Å². The molecular formula is C17H29N3O4. The van der Waals surface area contributed by atoms with E-state index in [2.05, 4.69) is 12.2 Å². The van der Waals surface area contributed by atoms with E-state index < -0.39 is 11.4 Å². The number of fused-ring (bicyclic) bond motifs is 1. The van der Waals surface area contributed by atoms with Gasteiger partial charge in [0.1, 0.15) is 0 Å². The van der Waals surface area contributed by atoms with Gasteiger partial charge in [0.05, 0.1) is 12.0 Å². The fourth-order valence-corrected chi connectivity index (χ4v) is 3.96. The number of amides is 3. The molecule has 7 heteroatoms. The van der Waals surface area contributed by atoms with Crippen LogP contribution in [-0.4, -0.2) is 46.0 Å². The molecule has 2 saturated heterocycles. The van der Waals surface area contributed by atoms with Gasteiger partial charge in [-0.25, -0.2) is 5.48 Å². The topological polar surface area (TPSA) is 98.7 Å². The first-order valence-corrected chi connectivity index (χ1v) is 9.03. The van der Waals surface area contributed by atoms with Gasteiger partial charge in [0.15, 0.2) is 0 Å². The molecule has 0 aliphatic carbocycles. The zero-order chi connectivity index (χ0) is 17.6. The summed E-state index contributed by atoms with van der Waals surface area (Å²) >= 11 is 0. The van der Waals surface area contributed by atoms with Crippen molar-refractivity contribution in [2.75, 3.05) is 6.54 Å². The maximum Gasteiger partial charge on any atom is 0.245 e. The van der Waals surface area contributed by atoms with Gasteiger partial charge in [-0.1, -0.05) is 19.8 Å². The predicted octanol–water partition coefficient (Wildman–Crippen LogP) is 1.49. The molecule has 136 valence electrons. The van der Waals surface area contributed by atoms with Crippen LogP contribution in [0.1, 0.15) is 71.1 Å².